The van der Waals surface area contributed by atoms with Crippen LogP contribution in [0, 0.1) is 17.2 Å². The number of hydrogen-bond acceptors (Lipinski definition) is 3. The molecule has 0 fully saturated rings. The molecule has 0 amide bonds. The first-order valence-corrected chi connectivity index (χ1v) is 3.68. The SMILES string of the molecule is CC[C@@H](OC(C)=O)[C@@H](C)C#N. The minimum atomic E-state index is -0.320. The zero-order valence-corrected chi connectivity index (χ0v) is 7.13. The van der Waals surface area contributed by atoms with Crippen LogP contribution >= 0.6 is 0 Å². The number of carbonyl (C=O) groups is 1. The maximum absolute atomic E-state index is 10.5. The predicted octanol–water partition coefficient (Wildman–Crippen LogP) is 1.49. The van der Waals surface area contributed by atoms with Gasteiger partial charge in [0, 0.05) is 6.92 Å². The van der Waals surface area contributed by atoms with Gasteiger partial charge in [0.2, 0.25) is 0 Å². The third-order valence-corrected chi connectivity index (χ3v) is 1.48. The van der Waals surface area contributed by atoms with Gasteiger partial charge in [0.1, 0.15) is 6.10 Å². The molecule has 2 atom stereocenters. The zero-order chi connectivity index (χ0) is 8.85. The summed E-state index contributed by atoms with van der Waals surface area (Å²) in [6.45, 7) is 4.99. The van der Waals surface area contributed by atoms with E-state index in [0.717, 1.165) is 0 Å². The first kappa shape index (κ1) is 9.96. The standard InChI is InChI=1S/C8H13NO2/c1-4-8(6(2)5-9)11-7(3)10/h6,8H,4H2,1-3H3/t6-,8+/m0/s1. The first-order valence-electron chi connectivity index (χ1n) is 3.68. The maximum atomic E-state index is 10.5. The van der Waals surface area contributed by atoms with Crippen LogP contribution in [0.2, 0.25) is 0 Å². The van der Waals surface area contributed by atoms with E-state index < -0.39 is 0 Å². The van der Waals surface area contributed by atoms with Gasteiger partial charge in [-0.3, -0.25) is 4.79 Å². The molecular formula is C8H13NO2. The number of nitrogens with zero attached hydrogens (tertiary/aromatic N) is 1. The third kappa shape index (κ3) is 3.61. The highest BCUT2D eigenvalue weighted by Crippen LogP contribution is 2.09. The van der Waals surface area contributed by atoms with E-state index in [4.69, 9.17) is 10.00 Å². The van der Waals surface area contributed by atoms with E-state index in [1.807, 2.05) is 13.0 Å². The Labute approximate surface area is 67.0 Å². The summed E-state index contributed by atoms with van der Waals surface area (Å²) in [7, 11) is 0. The van der Waals surface area contributed by atoms with Gasteiger partial charge in [-0.2, -0.15) is 5.26 Å². The van der Waals surface area contributed by atoms with Gasteiger partial charge < -0.3 is 4.74 Å². The molecule has 0 bridgehead atoms. The molecule has 0 aliphatic rings. The molecule has 0 heterocycles. The van der Waals surface area contributed by atoms with Crippen LogP contribution in [0.3, 0.4) is 0 Å². The van der Waals surface area contributed by atoms with Gasteiger partial charge >= 0.3 is 5.97 Å². The van der Waals surface area contributed by atoms with Crippen molar-refractivity contribution >= 4 is 5.97 Å². The molecule has 0 aromatic heterocycles. The molecule has 0 aromatic carbocycles. The molecule has 3 heteroatoms. The summed E-state index contributed by atoms with van der Waals surface area (Å²) in [5.74, 6) is -0.539. The van der Waals surface area contributed by atoms with E-state index in [1.165, 1.54) is 6.92 Å². The minimum absolute atomic E-state index is 0.219. The lowest BCUT2D eigenvalue weighted by Crippen LogP contribution is -2.22. The van der Waals surface area contributed by atoms with Gasteiger partial charge in [0.05, 0.1) is 12.0 Å². The van der Waals surface area contributed by atoms with Gasteiger partial charge in [-0.1, -0.05) is 6.92 Å². The Morgan fingerprint density at radius 1 is 1.73 bits per heavy atom. The van der Waals surface area contributed by atoms with Crippen LogP contribution in [0.5, 0.6) is 0 Å². The van der Waals surface area contributed by atoms with Crippen LogP contribution in [0.15, 0.2) is 0 Å². The molecule has 62 valence electrons. The van der Waals surface area contributed by atoms with Crippen molar-refractivity contribution in [2.24, 2.45) is 5.92 Å². The van der Waals surface area contributed by atoms with Crippen LogP contribution < -0.4 is 0 Å². The lowest BCUT2D eigenvalue weighted by atomic mass is 10.0. The number of rotatable bonds is 3. The monoisotopic (exact) mass is 155 g/mol. The van der Waals surface area contributed by atoms with Crippen molar-refractivity contribution in [2.75, 3.05) is 0 Å². The summed E-state index contributed by atoms with van der Waals surface area (Å²) in [6.07, 6.45) is 0.436. The van der Waals surface area contributed by atoms with Gasteiger partial charge in [-0.25, -0.2) is 0 Å². The Hall–Kier alpha value is -1.04. The lowest BCUT2D eigenvalue weighted by molar-refractivity contribution is -0.147. The second kappa shape index (κ2) is 4.73. The average Bonchev–Trinajstić information content (AvgIpc) is 1.98. The molecule has 0 rings (SSSR count). The van der Waals surface area contributed by atoms with E-state index >= 15 is 0 Å². The fourth-order valence-electron chi connectivity index (χ4n) is 0.835. The minimum Gasteiger partial charge on any atom is -0.461 e. The molecule has 0 aliphatic heterocycles. The Kier molecular flexibility index (Phi) is 4.28. The van der Waals surface area contributed by atoms with Gasteiger partial charge in [-0.15, -0.1) is 0 Å². The quantitative estimate of drug-likeness (QED) is 0.580. The van der Waals surface area contributed by atoms with Crippen LogP contribution in [0.4, 0.5) is 0 Å². The Morgan fingerprint density at radius 3 is 2.55 bits per heavy atom. The molecule has 0 saturated heterocycles. The van der Waals surface area contributed by atoms with Crippen molar-refractivity contribution in [3.05, 3.63) is 0 Å². The Balaban J connectivity index is 3.97. The smallest absolute Gasteiger partial charge is 0.302 e. The van der Waals surface area contributed by atoms with Crippen molar-refractivity contribution in [1.29, 1.82) is 5.26 Å². The van der Waals surface area contributed by atoms with E-state index in [-0.39, 0.29) is 18.0 Å². The van der Waals surface area contributed by atoms with Crippen LogP contribution in [0.1, 0.15) is 27.2 Å². The number of esters is 1. The number of ether oxygens (including phenoxy) is 1. The van der Waals surface area contributed by atoms with E-state index in [0.29, 0.717) is 6.42 Å². The second-order valence-electron chi connectivity index (χ2n) is 2.47. The molecule has 0 aromatic rings. The Morgan fingerprint density at radius 2 is 2.27 bits per heavy atom. The van der Waals surface area contributed by atoms with Crippen molar-refractivity contribution in [2.45, 2.75) is 33.3 Å². The van der Waals surface area contributed by atoms with Crippen molar-refractivity contribution in [3.8, 4) is 6.07 Å². The molecule has 3 nitrogen and oxygen atoms in total. The highest BCUT2D eigenvalue weighted by molar-refractivity contribution is 5.66. The molecule has 0 aliphatic carbocycles. The van der Waals surface area contributed by atoms with Gasteiger partial charge in [0.25, 0.3) is 0 Å². The summed E-state index contributed by atoms with van der Waals surface area (Å²) in [5, 5.41) is 8.51. The molecule has 11 heavy (non-hydrogen) atoms. The highest BCUT2D eigenvalue weighted by atomic mass is 16.5. The van der Waals surface area contributed by atoms with Crippen LogP contribution in [0.25, 0.3) is 0 Å². The lowest BCUT2D eigenvalue weighted by Gasteiger charge is -2.16. The third-order valence-electron chi connectivity index (χ3n) is 1.48. The van der Waals surface area contributed by atoms with Crippen molar-refractivity contribution in [3.63, 3.8) is 0 Å². The van der Waals surface area contributed by atoms with Crippen molar-refractivity contribution in [1.82, 2.24) is 0 Å². The predicted molar refractivity (Wildman–Crippen MR) is 40.6 cm³/mol. The topological polar surface area (TPSA) is 50.1 Å². The first-order chi connectivity index (χ1) is 5.11. The summed E-state index contributed by atoms with van der Waals surface area (Å²) in [5.41, 5.74) is 0. The Bertz CT molecular complexity index is 171. The molecule has 0 radical (unpaired) electrons. The van der Waals surface area contributed by atoms with Gasteiger partial charge in [0.15, 0.2) is 0 Å². The summed E-state index contributed by atoms with van der Waals surface area (Å²) in [4.78, 5) is 10.5. The van der Waals surface area contributed by atoms with Crippen LogP contribution in [-0.4, -0.2) is 12.1 Å². The van der Waals surface area contributed by atoms with E-state index in [9.17, 15) is 4.79 Å². The van der Waals surface area contributed by atoms with E-state index in [1.54, 1.807) is 6.92 Å². The highest BCUT2D eigenvalue weighted by Gasteiger charge is 2.16. The molecule has 0 unspecified atom stereocenters. The number of hydrogen-bond donors (Lipinski definition) is 0. The van der Waals surface area contributed by atoms with Crippen LogP contribution in [-0.2, 0) is 9.53 Å². The molecule has 0 saturated carbocycles. The van der Waals surface area contributed by atoms with E-state index in [2.05, 4.69) is 0 Å². The van der Waals surface area contributed by atoms with Crippen molar-refractivity contribution < 1.29 is 9.53 Å². The summed E-state index contributed by atoms with van der Waals surface area (Å²) >= 11 is 0. The molecule has 0 spiro atoms. The number of nitriles is 1. The second-order valence-corrected chi connectivity index (χ2v) is 2.47. The largest absolute Gasteiger partial charge is 0.461 e. The number of carbonyl (C=O) groups excluding carboxylic acids is 1. The fourth-order valence-corrected chi connectivity index (χ4v) is 0.835. The normalized spacial score (nSPS) is 14.7. The summed E-state index contributed by atoms with van der Waals surface area (Å²) < 4.78 is 4.89. The maximum Gasteiger partial charge on any atom is 0.302 e. The average molecular weight is 155 g/mol. The fraction of sp³-hybridized carbons (Fsp3) is 0.750. The molecule has 0 N–H and O–H groups in total. The zero-order valence-electron chi connectivity index (χ0n) is 7.13. The summed E-state index contributed by atoms with van der Waals surface area (Å²) in [6, 6.07) is 2.04. The molecular weight excluding hydrogens is 142 g/mol. The van der Waals surface area contributed by atoms with Gasteiger partial charge in [-0.05, 0) is 13.3 Å².